The molecule has 1 nitrogen and oxygen atoms in total. The molecule has 0 spiro atoms. The van der Waals surface area contributed by atoms with Crippen LogP contribution in [0.4, 0.5) is 5.69 Å². The first-order valence-electron chi connectivity index (χ1n) is 9.55. The van der Waals surface area contributed by atoms with E-state index < -0.39 is 0 Å². The fourth-order valence-electron chi connectivity index (χ4n) is 4.89. The van der Waals surface area contributed by atoms with E-state index in [1.54, 1.807) is 11.1 Å². The minimum absolute atomic E-state index is 0.599. The molecule has 0 bridgehead atoms. The van der Waals surface area contributed by atoms with Gasteiger partial charge in [-0.2, -0.15) is 0 Å². The third-order valence-electron chi connectivity index (χ3n) is 6.78. The van der Waals surface area contributed by atoms with Gasteiger partial charge in [-0.25, -0.2) is 0 Å². The summed E-state index contributed by atoms with van der Waals surface area (Å²) in [5.41, 5.74) is 8.99. The molecule has 4 rings (SSSR count). The zero-order valence-electron chi connectivity index (χ0n) is 15.6. The van der Waals surface area contributed by atoms with Crippen molar-refractivity contribution in [1.82, 2.24) is 0 Å². The quantitative estimate of drug-likeness (QED) is 0.658. The van der Waals surface area contributed by atoms with Crippen LogP contribution in [-0.4, -0.2) is 12.6 Å². The maximum Gasteiger partial charge on any atom is 0.0405 e. The summed E-state index contributed by atoms with van der Waals surface area (Å²) in [4.78, 5) is 2.54. The van der Waals surface area contributed by atoms with E-state index in [9.17, 15) is 0 Å². The number of hydrogen-bond acceptors (Lipinski definition) is 1. The van der Waals surface area contributed by atoms with Crippen molar-refractivity contribution >= 4 is 5.69 Å². The highest BCUT2D eigenvalue weighted by Crippen LogP contribution is 2.45. The summed E-state index contributed by atoms with van der Waals surface area (Å²) in [5.74, 6) is 2.04. The van der Waals surface area contributed by atoms with E-state index in [0.29, 0.717) is 17.9 Å². The van der Waals surface area contributed by atoms with Crippen molar-refractivity contribution in [2.45, 2.75) is 58.9 Å². The van der Waals surface area contributed by atoms with Crippen molar-refractivity contribution in [2.75, 3.05) is 11.4 Å². The van der Waals surface area contributed by atoms with E-state index in [1.807, 2.05) is 0 Å². The van der Waals surface area contributed by atoms with Gasteiger partial charge >= 0.3 is 0 Å². The van der Waals surface area contributed by atoms with Crippen molar-refractivity contribution in [3.63, 3.8) is 0 Å². The van der Waals surface area contributed by atoms with Gasteiger partial charge in [0.15, 0.2) is 0 Å². The van der Waals surface area contributed by atoms with Gasteiger partial charge in [-0.15, -0.1) is 0 Å². The van der Waals surface area contributed by atoms with Crippen LogP contribution >= 0.6 is 0 Å². The molecule has 0 aromatic heterocycles. The van der Waals surface area contributed by atoms with E-state index in [2.05, 4.69) is 75.9 Å². The second-order valence-electron chi connectivity index (χ2n) is 7.93. The molecule has 2 aliphatic rings. The lowest BCUT2D eigenvalue weighted by atomic mass is 9.91. The fraction of sp³-hybridized carbons (Fsp3) is 0.478. The molecule has 0 N–H and O–H groups in total. The molecule has 0 saturated carbocycles. The molecule has 1 aliphatic carbocycles. The van der Waals surface area contributed by atoms with E-state index in [0.717, 1.165) is 12.5 Å². The van der Waals surface area contributed by atoms with Crippen LogP contribution in [0.15, 0.2) is 36.4 Å². The van der Waals surface area contributed by atoms with Gasteiger partial charge in [0.05, 0.1) is 0 Å². The zero-order valence-corrected chi connectivity index (χ0v) is 15.6. The molecule has 1 heterocycles. The Morgan fingerprint density at radius 3 is 2.50 bits per heavy atom. The predicted molar refractivity (Wildman–Crippen MR) is 104 cm³/mol. The van der Waals surface area contributed by atoms with E-state index in [1.165, 1.54) is 28.8 Å². The van der Waals surface area contributed by atoms with Crippen LogP contribution in [0.3, 0.4) is 0 Å². The molecular formula is C23H29N. The minimum Gasteiger partial charge on any atom is -0.368 e. The first kappa shape index (κ1) is 15.7. The molecule has 126 valence electrons. The third-order valence-corrected chi connectivity index (χ3v) is 6.78. The van der Waals surface area contributed by atoms with Crippen molar-refractivity contribution in [3.8, 4) is 11.1 Å². The van der Waals surface area contributed by atoms with Gasteiger partial charge in [0, 0.05) is 24.2 Å². The largest absolute Gasteiger partial charge is 0.368 e. The van der Waals surface area contributed by atoms with Gasteiger partial charge in [-0.05, 0) is 72.1 Å². The molecule has 1 heteroatoms. The Labute approximate surface area is 146 Å². The van der Waals surface area contributed by atoms with Crippen LogP contribution in [-0.2, 0) is 6.42 Å². The summed E-state index contributed by atoms with van der Waals surface area (Å²) in [5, 5.41) is 0. The minimum atomic E-state index is 0.599. The average Bonchev–Trinajstić information content (AvgIpc) is 3.02. The van der Waals surface area contributed by atoms with E-state index in [-0.39, 0.29) is 0 Å². The van der Waals surface area contributed by atoms with Gasteiger partial charge in [-0.3, -0.25) is 0 Å². The number of likely N-dealkylation sites (N-methyl/N-ethyl adjacent to an activating group) is 1. The van der Waals surface area contributed by atoms with Crippen molar-refractivity contribution in [2.24, 2.45) is 5.92 Å². The van der Waals surface area contributed by atoms with Crippen LogP contribution in [0.25, 0.3) is 11.1 Å². The lowest BCUT2D eigenvalue weighted by Gasteiger charge is -2.24. The Hall–Kier alpha value is -1.76. The number of fused-ring (bicyclic) bond motifs is 2. The van der Waals surface area contributed by atoms with Gasteiger partial charge in [-0.1, -0.05) is 45.0 Å². The van der Waals surface area contributed by atoms with Crippen molar-refractivity contribution < 1.29 is 0 Å². The highest BCUT2D eigenvalue weighted by Gasteiger charge is 2.32. The second kappa shape index (κ2) is 5.65. The Morgan fingerprint density at radius 2 is 1.75 bits per heavy atom. The molecule has 24 heavy (non-hydrogen) atoms. The standard InChI is InChI=1S/C23H29N/c1-6-24-17(5)16(4)21-13-18(10-11-23(21)24)20-9-7-8-19-15(3)14(2)12-22(19)20/h7-11,13-17H,6,12H2,1-5H3/t14-,15-,16+,17-/m0/s1. The van der Waals surface area contributed by atoms with Gasteiger partial charge in [0.1, 0.15) is 0 Å². The molecular weight excluding hydrogens is 290 g/mol. The molecule has 0 saturated heterocycles. The Morgan fingerprint density at radius 1 is 0.958 bits per heavy atom. The summed E-state index contributed by atoms with van der Waals surface area (Å²) in [6, 6.07) is 14.7. The SMILES string of the molecule is CCN1c2ccc(-c3cccc4c3C[C@H](C)[C@@H]4C)cc2[C@H](C)[C@@H]1C. The molecule has 2 aromatic carbocycles. The third kappa shape index (κ3) is 2.13. The number of rotatable bonds is 2. The normalized spacial score (nSPS) is 28.1. The van der Waals surface area contributed by atoms with Crippen LogP contribution < -0.4 is 4.90 Å². The molecule has 0 radical (unpaired) electrons. The highest BCUT2D eigenvalue weighted by molar-refractivity contribution is 5.75. The topological polar surface area (TPSA) is 3.24 Å². The lowest BCUT2D eigenvalue weighted by Crippen LogP contribution is -2.30. The molecule has 0 fully saturated rings. The Kier molecular flexibility index (Phi) is 3.71. The summed E-state index contributed by atoms with van der Waals surface area (Å²) >= 11 is 0. The molecule has 1 aliphatic heterocycles. The predicted octanol–water partition coefficient (Wildman–Crippen LogP) is 5.98. The second-order valence-corrected chi connectivity index (χ2v) is 7.93. The number of benzene rings is 2. The van der Waals surface area contributed by atoms with Gasteiger partial charge in [0.25, 0.3) is 0 Å². The van der Waals surface area contributed by atoms with Crippen LogP contribution in [0.2, 0.25) is 0 Å². The number of anilines is 1. The van der Waals surface area contributed by atoms with Gasteiger partial charge in [0.2, 0.25) is 0 Å². The van der Waals surface area contributed by atoms with Crippen LogP contribution in [0, 0.1) is 5.92 Å². The fourth-order valence-corrected chi connectivity index (χ4v) is 4.89. The number of nitrogens with zero attached hydrogens (tertiary/aromatic N) is 1. The van der Waals surface area contributed by atoms with E-state index in [4.69, 9.17) is 0 Å². The lowest BCUT2D eigenvalue weighted by molar-refractivity contribution is 0.532. The van der Waals surface area contributed by atoms with Crippen LogP contribution in [0.5, 0.6) is 0 Å². The summed E-state index contributed by atoms with van der Waals surface area (Å²) in [6.07, 6.45) is 1.22. The first-order chi connectivity index (χ1) is 11.5. The smallest absolute Gasteiger partial charge is 0.0405 e. The molecule has 0 amide bonds. The monoisotopic (exact) mass is 319 g/mol. The van der Waals surface area contributed by atoms with E-state index >= 15 is 0 Å². The average molecular weight is 319 g/mol. The summed E-state index contributed by atoms with van der Waals surface area (Å²) < 4.78 is 0. The highest BCUT2D eigenvalue weighted by atomic mass is 15.2. The first-order valence-corrected chi connectivity index (χ1v) is 9.55. The number of hydrogen-bond donors (Lipinski definition) is 0. The van der Waals surface area contributed by atoms with Crippen molar-refractivity contribution in [3.05, 3.63) is 53.1 Å². The molecule has 4 atom stereocenters. The summed E-state index contributed by atoms with van der Waals surface area (Å²) in [7, 11) is 0. The maximum atomic E-state index is 2.54. The van der Waals surface area contributed by atoms with Gasteiger partial charge < -0.3 is 4.90 Å². The molecule has 2 aromatic rings. The van der Waals surface area contributed by atoms with Crippen LogP contribution in [0.1, 0.15) is 63.1 Å². The molecule has 0 unspecified atom stereocenters. The Bertz CT molecular complexity index is 776. The maximum absolute atomic E-state index is 2.54. The zero-order chi connectivity index (χ0) is 17.0. The Balaban J connectivity index is 1.82. The van der Waals surface area contributed by atoms with Crippen molar-refractivity contribution in [1.29, 1.82) is 0 Å². The summed E-state index contributed by atoms with van der Waals surface area (Å²) in [6.45, 7) is 12.9.